The molecule has 1 aliphatic heterocycles. The van der Waals surface area contributed by atoms with E-state index in [0.717, 1.165) is 29.0 Å². The number of aryl methyl sites for hydroxylation is 1. The third-order valence-electron chi connectivity index (χ3n) is 5.48. The molecule has 1 aliphatic rings. The highest BCUT2D eigenvalue weighted by Gasteiger charge is 2.37. The van der Waals surface area contributed by atoms with Crippen LogP contribution in [0.3, 0.4) is 0 Å². The van der Waals surface area contributed by atoms with E-state index in [9.17, 15) is 4.79 Å². The Hall–Kier alpha value is -3.46. The number of fused-ring (bicyclic) bond motifs is 1. The third-order valence-corrected chi connectivity index (χ3v) is 5.75. The number of aromatic amines is 1. The van der Waals surface area contributed by atoms with E-state index in [1.165, 1.54) is 4.90 Å². The lowest BCUT2D eigenvalue weighted by Crippen LogP contribution is -2.27. The summed E-state index contributed by atoms with van der Waals surface area (Å²) >= 11 is 6.43. The van der Waals surface area contributed by atoms with Crippen molar-refractivity contribution in [3.8, 4) is 5.75 Å². The monoisotopic (exact) mass is 467 g/mol. The predicted molar refractivity (Wildman–Crippen MR) is 128 cm³/mol. The molecule has 0 aliphatic carbocycles. The number of carbonyl (C=O) groups is 1. The maximum atomic E-state index is 13.5. The number of hydrogen-bond acceptors (Lipinski definition) is 7. The summed E-state index contributed by atoms with van der Waals surface area (Å²) in [6.45, 7) is 8.27. The van der Waals surface area contributed by atoms with E-state index in [4.69, 9.17) is 22.1 Å². The van der Waals surface area contributed by atoms with Gasteiger partial charge in [0.2, 0.25) is 5.95 Å². The van der Waals surface area contributed by atoms with E-state index in [1.54, 1.807) is 25.6 Å². The zero-order chi connectivity index (χ0) is 23.9. The summed E-state index contributed by atoms with van der Waals surface area (Å²) in [5.74, 6) is 1.81. The molecule has 3 aromatic rings. The van der Waals surface area contributed by atoms with Crippen LogP contribution >= 0.6 is 11.6 Å². The summed E-state index contributed by atoms with van der Waals surface area (Å²) in [6, 6.07) is 0. The second kappa shape index (κ2) is 8.82. The first-order valence-electron chi connectivity index (χ1n) is 10.6. The molecule has 0 fully saturated rings. The molecule has 0 spiro atoms. The lowest BCUT2D eigenvalue weighted by Gasteiger charge is -2.19. The number of halogens is 1. The number of H-pyrrole nitrogens is 1. The van der Waals surface area contributed by atoms with Gasteiger partial charge in [0.05, 0.1) is 30.5 Å². The molecule has 0 saturated carbocycles. The average Bonchev–Trinajstić information content (AvgIpc) is 3.27. The molecule has 0 aromatic carbocycles. The number of nitrogen functional groups attached to an aromatic ring is 1. The molecular formula is C23H26ClN7O2. The van der Waals surface area contributed by atoms with Gasteiger partial charge < -0.3 is 15.5 Å². The fraction of sp³-hybridized carbons (Fsp3) is 0.348. The topological polar surface area (TPSA) is 123 Å². The average molecular weight is 468 g/mol. The number of pyridine rings is 1. The molecule has 0 atom stereocenters. The highest BCUT2D eigenvalue weighted by molar-refractivity contribution is 6.41. The van der Waals surface area contributed by atoms with Gasteiger partial charge in [-0.2, -0.15) is 4.98 Å². The van der Waals surface area contributed by atoms with Gasteiger partial charge in [-0.1, -0.05) is 25.4 Å². The first kappa shape index (κ1) is 22.7. The van der Waals surface area contributed by atoms with E-state index in [0.29, 0.717) is 34.4 Å². The number of aromatic nitrogens is 5. The Morgan fingerprint density at radius 2 is 2.00 bits per heavy atom. The molecule has 172 valence electrons. The summed E-state index contributed by atoms with van der Waals surface area (Å²) in [4.78, 5) is 35.6. The van der Waals surface area contributed by atoms with E-state index in [-0.39, 0.29) is 23.6 Å². The molecule has 0 bridgehead atoms. The molecule has 33 heavy (non-hydrogen) atoms. The summed E-state index contributed by atoms with van der Waals surface area (Å²) in [7, 11) is 1.61. The van der Waals surface area contributed by atoms with Crippen molar-refractivity contribution < 1.29 is 9.53 Å². The number of rotatable bonds is 6. The summed E-state index contributed by atoms with van der Waals surface area (Å²) < 4.78 is 5.51. The minimum absolute atomic E-state index is 0.0128. The van der Waals surface area contributed by atoms with Crippen molar-refractivity contribution in [3.63, 3.8) is 0 Å². The van der Waals surface area contributed by atoms with Crippen molar-refractivity contribution in [2.45, 2.75) is 40.7 Å². The number of ether oxygens (including phenoxy) is 1. The number of methoxy groups -OCH3 is 1. The van der Waals surface area contributed by atoms with Crippen molar-refractivity contribution in [2.24, 2.45) is 5.92 Å². The van der Waals surface area contributed by atoms with E-state index in [2.05, 4.69) is 38.8 Å². The van der Waals surface area contributed by atoms with Crippen LogP contribution in [0.5, 0.6) is 5.75 Å². The molecule has 10 heteroatoms. The van der Waals surface area contributed by atoms with Gasteiger partial charge in [-0.15, -0.1) is 0 Å². The lowest BCUT2D eigenvalue weighted by atomic mass is 10.1. The molecule has 4 rings (SSSR count). The van der Waals surface area contributed by atoms with Crippen LogP contribution in [-0.4, -0.2) is 37.9 Å². The van der Waals surface area contributed by atoms with Crippen molar-refractivity contribution in [2.75, 3.05) is 17.7 Å². The zero-order valence-electron chi connectivity index (χ0n) is 19.2. The molecule has 4 heterocycles. The first-order valence-corrected chi connectivity index (χ1v) is 11.0. The number of amides is 1. The third kappa shape index (κ3) is 4.28. The molecule has 1 amide bonds. The van der Waals surface area contributed by atoms with Gasteiger partial charge in [0, 0.05) is 29.2 Å². The number of imidazole rings is 1. The van der Waals surface area contributed by atoms with Crippen molar-refractivity contribution in [3.05, 3.63) is 51.4 Å². The van der Waals surface area contributed by atoms with Gasteiger partial charge in [-0.05, 0) is 32.3 Å². The zero-order valence-corrected chi connectivity index (χ0v) is 20.0. The smallest absolute Gasteiger partial charge is 0.260 e. The van der Waals surface area contributed by atoms with Crippen LogP contribution < -0.4 is 15.4 Å². The second-order valence-corrected chi connectivity index (χ2v) is 8.82. The maximum Gasteiger partial charge on any atom is 0.260 e. The second-order valence-electron chi connectivity index (χ2n) is 8.46. The van der Waals surface area contributed by atoms with E-state index < -0.39 is 0 Å². The highest BCUT2D eigenvalue weighted by atomic mass is 35.5. The highest BCUT2D eigenvalue weighted by Crippen LogP contribution is 2.41. The first-order chi connectivity index (χ1) is 15.7. The number of hydrogen-bond donors (Lipinski definition) is 2. The summed E-state index contributed by atoms with van der Waals surface area (Å²) in [5.41, 5.74) is 10.1. The molecule has 3 N–H and O–H groups in total. The Bertz CT molecular complexity index is 1270. The molecular weight excluding hydrogens is 442 g/mol. The number of carbonyl (C=O) groups excluding carboxylic acids is 1. The predicted octanol–water partition coefficient (Wildman–Crippen LogP) is 3.74. The van der Waals surface area contributed by atoms with Crippen LogP contribution in [0.4, 0.5) is 11.8 Å². The van der Waals surface area contributed by atoms with Gasteiger partial charge in [0.15, 0.2) is 5.82 Å². The Balaban J connectivity index is 1.77. The quantitative estimate of drug-likeness (QED) is 0.418. The van der Waals surface area contributed by atoms with Gasteiger partial charge >= 0.3 is 0 Å². The maximum absolute atomic E-state index is 13.5. The fourth-order valence-corrected chi connectivity index (χ4v) is 4.28. The molecule has 3 aromatic heterocycles. The number of nitrogens with zero attached hydrogens (tertiary/aromatic N) is 5. The normalized spacial score (nSPS) is 14.5. The van der Waals surface area contributed by atoms with E-state index in [1.807, 2.05) is 13.8 Å². The SMILES string of the molecule is COc1c(C)cnc(CN2C(=O)/C(=C\c3ncc(CC(C)C)[nH]3)c3c(Cl)nc(N)nc32)c1C. The minimum atomic E-state index is -0.283. The number of nitrogens with one attached hydrogen (secondary N) is 1. The summed E-state index contributed by atoms with van der Waals surface area (Å²) in [5, 5.41) is 0.111. The van der Waals surface area contributed by atoms with Gasteiger partial charge in [0.1, 0.15) is 16.7 Å². The van der Waals surface area contributed by atoms with Crippen LogP contribution in [0, 0.1) is 19.8 Å². The minimum Gasteiger partial charge on any atom is -0.496 e. The lowest BCUT2D eigenvalue weighted by molar-refractivity contribution is -0.113. The van der Waals surface area contributed by atoms with Crippen molar-refractivity contribution >= 4 is 40.9 Å². The van der Waals surface area contributed by atoms with Crippen molar-refractivity contribution in [1.29, 1.82) is 0 Å². The molecule has 0 radical (unpaired) electrons. The van der Waals surface area contributed by atoms with Crippen LogP contribution in [0.2, 0.25) is 5.15 Å². The number of nitrogens with two attached hydrogens (primary N) is 1. The van der Waals surface area contributed by atoms with E-state index >= 15 is 0 Å². The Labute approximate surface area is 197 Å². The van der Waals surface area contributed by atoms with Crippen LogP contribution in [0.15, 0.2) is 12.4 Å². The van der Waals surface area contributed by atoms with Crippen molar-refractivity contribution in [1.82, 2.24) is 24.9 Å². The molecule has 0 saturated heterocycles. The number of anilines is 2. The van der Waals surface area contributed by atoms with Crippen LogP contribution in [-0.2, 0) is 17.8 Å². The molecule has 9 nitrogen and oxygen atoms in total. The molecule has 0 unspecified atom stereocenters. The van der Waals surface area contributed by atoms with Crippen LogP contribution in [0.25, 0.3) is 11.6 Å². The Morgan fingerprint density at radius 3 is 2.70 bits per heavy atom. The van der Waals surface area contributed by atoms with Crippen LogP contribution in [0.1, 0.15) is 47.8 Å². The van der Waals surface area contributed by atoms with Gasteiger partial charge in [-0.25, -0.2) is 9.97 Å². The fourth-order valence-electron chi connectivity index (χ4n) is 4.00. The Kier molecular flexibility index (Phi) is 6.07. The summed E-state index contributed by atoms with van der Waals surface area (Å²) in [6.07, 6.45) is 6.02. The Morgan fingerprint density at radius 1 is 1.24 bits per heavy atom. The van der Waals surface area contributed by atoms with Gasteiger partial charge in [0.25, 0.3) is 5.91 Å². The largest absolute Gasteiger partial charge is 0.496 e. The van der Waals surface area contributed by atoms with Gasteiger partial charge in [-0.3, -0.25) is 14.7 Å². The standard InChI is InChI=1S/C23H26ClN7O2/c1-11(2)6-14-9-27-17(28-14)7-15-18-20(24)29-23(25)30-21(18)31(22(15)32)10-16-13(4)19(33-5)12(3)8-26-16/h7-9,11H,6,10H2,1-5H3,(H,27,28)(H2,25,29,30)/b15-7-.